The van der Waals surface area contributed by atoms with Gasteiger partial charge < -0.3 is 23.7 Å². The van der Waals surface area contributed by atoms with Gasteiger partial charge in [-0.2, -0.15) is 5.26 Å². The molecule has 3 rings (SSSR count). The van der Waals surface area contributed by atoms with E-state index in [1.807, 2.05) is 32.9 Å². The Kier molecular flexibility index (Phi) is 11.4. The van der Waals surface area contributed by atoms with Crippen molar-refractivity contribution >= 4 is 17.5 Å². The van der Waals surface area contributed by atoms with Crippen LogP contribution in [0, 0.1) is 11.3 Å². The highest BCUT2D eigenvalue weighted by molar-refractivity contribution is 6.17. The van der Waals surface area contributed by atoms with Crippen LogP contribution in [0.5, 0.6) is 23.3 Å². The van der Waals surface area contributed by atoms with Gasteiger partial charge in [0.15, 0.2) is 0 Å². The molecular formula is C32H35N3O7. The van der Waals surface area contributed by atoms with Crippen molar-refractivity contribution in [2.45, 2.75) is 58.5 Å². The standard InChI is InChI=1S/C32H35N3O7/c1-32(2,3)42-30(36)14-8-6-7-11-22-15-16-27(24(17-22)25(20-38-4)31(37)39-5)41-29-18-28(34-21-35-29)40-26-13-10-9-12-23(26)19-33/h9-10,12-13,15-18,20-21H,6-8,11,14H2,1-5H3/b25-20+. The van der Waals surface area contributed by atoms with Crippen molar-refractivity contribution in [3.05, 3.63) is 77.8 Å². The number of carbonyl (C=O) groups excluding carboxylic acids is 2. The summed E-state index contributed by atoms with van der Waals surface area (Å²) in [5.41, 5.74) is 1.43. The lowest BCUT2D eigenvalue weighted by Gasteiger charge is -2.19. The maximum absolute atomic E-state index is 12.7. The van der Waals surface area contributed by atoms with Crippen LogP contribution in [0.3, 0.4) is 0 Å². The molecule has 0 saturated heterocycles. The Morgan fingerprint density at radius 2 is 1.64 bits per heavy atom. The molecule has 0 N–H and O–H groups in total. The number of unbranched alkanes of at least 4 members (excludes halogenated alkanes) is 2. The first-order valence-corrected chi connectivity index (χ1v) is 13.5. The Hall–Kier alpha value is -4.91. The van der Waals surface area contributed by atoms with E-state index in [1.165, 1.54) is 32.9 Å². The first kappa shape index (κ1) is 31.6. The molecule has 0 radical (unpaired) electrons. The fraction of sp³-hybridized carbons (Fsp3) is 0.344. The lowest BCUT2D eigenvalue weighted by Crippen LogP contribution is -2.23. The summed E-state index contributed by atoms with van der Waals surface area (Å²) in [6, 6.07) is 15.8. The molecule has 2 aromatic carbocycles. The zero-order chi connectivity index (χ0) is 30.5. The number of hydrogen-bond acceptors (Lipinski definition) is 10. The number of aromatic nitrogens is 2. The fourth-order valence-corrected chi connectivity index (χ4v) is 3.96. The molecule has 0 aliphatic rings. The maximum Gasteiger partial charge on any atom is 0.341 e. The van der Waals surface area contributed by atoms with Gasteiger partial charge in [-0.25, -0.2) is 14.8 Å². The zero-order valence-corrected chi connectivity index (χ0v) is 24.5. The van der Waals surface area contributed by atoms with E-state index >= 15 is 0 Å². The number of carbonyl (C=O) groups is 2. The van der Waals surface area contributed by atoms with Gasteiger partial charge in [-0.1, -0.05) is 24.6 Å². The van der Waals surface area contributed by atoms with Gasteiger partial charge in [-0.05, 0) is 69.9 Å². The summed E-state index contributed by atoms with van der Waals surface area (Å²) in [6.45, 7) is 5.55. The summed E-state index contributed by atoms with van der Waals surface area (Å²) in [4.78, 5) is 32.9. The average Bonchev–Trinajstić information content (AvgIpc) is 2.95. The van der Waals surface area contributed by atoms with Gasteiger partial charge in [-0.3, -0.25) is 4.79 Å². The van der Waals surface area contributed by atoms with Gasteiger partial charge in [0, 0.05) is 12.0 Å². The van der Waals surface area contributed by atoms with Crippen LogP contribution in [-0.2, 0) is 30.2 Å². The van der Waals surface area contributed by atoms with Crippen LogP contribution < -0.4 is 9.47 Å². The third-order valence-corrected chi connectivity index (χ3v) is 5.79. The minimum Gasteiger partial charge on any atom is -0.503 e. The van der Waals surface area contributed by atoms with Crippen LogP contribution in [0.25, 0.3) is 5.57 Å². The normalized spacial score (nSPS) is 11.3. The summed E-state index contributed by atoms with van der Waals surface area (Å²) in [6.07, 6.45) is 6.04. The summed E-state index contributed by atoms with van der Waals surface area (Å²) >= 11 is 0. The quantitative estimate of drug-likeness (QED) is 0.0961. The number of aryl methyl sites for hydroxylation is 1. The molecule has 1 heterocycles. The predicted octanol–water partition coefficient (Wildman–Crippen LogP) is 6.54. The lowest BCUT2D eigenvalue weighted by atomic mass is 9.99. The molecule has 220 valence electrons. The molecule has 0 unspecified atom stereocenters. The van der Waals surface area contributed by atoms with E-state index in [1.54, 1.807) is 30.3 Å². The number of methoxy groups -OCH3 is 2. The Balaban J connectivity index is 1.78. The van der Waals surface area contributed by atoms with E-state index in [0.717, 1.165) is 24.8 Å². The number of hydrogen-bond donors (Lipinski definition) is 0. The molecule has 10 heteroatoms. The molecule has 0 saturated carbocycles. The van der Waals surface area contributed by atoms with Crippen LogP contribution >= 0.6 is 0 Å². The maximum atomic E-state index is 12.7. The third-order valence-electron chi connectivity index (χ3n) is 5.79. The van der Waals surface area contributed by atoms with Crippen molar-refractivity contribution in [2.24, 2.45) is 0 Å². The van der Waals surface area contributed by atoms with Crippen LogP contribution in [0.15, 0.2) is 61.1 Å². The van der Waals surface area contributed by atoms with Crippen molar-refractivity contribution in [3.63, 3.8) is 0 Å². The number of esters is 2. The number of para-hydroxylation sites is 1. The second kappa shape index (κ2) is 15.2. The van der Waals surface area contributed by atoms with Gasteiger partial charge >= 0.3 is 11.9 Å². The van der Waals surface area contributed by atoms with Gasteiger partial charge in [0.25, 0.3) is 0 Å². The van der Waals surface area contributed by atoms with Crippen molar-refractivity contribution in [3.8, 4) is 29.3 Å². The predicted molar refractivity (Wildman–Crippen MR) is 155 cm³/mol. The van der Waals surface area contributed by atoms with Crippen LogP contribution in [0.2, 0.25) is 0 Å². The van der Waals surface area contributed by atoms with Gasteiger partial charge in [0.1, 0.15) is 35.1 Å². The minimum absolute atomic E-state index is 0.159. The number of benzene rings is 2. The van der Waals surface area contributed by atoms with E-state index in [-0.39, 0.29) is 23.3 Å². The number of ether oxygens (including phenoxy) is 5. The molecule has 42 heavy (non-hydrogen) atoms. The number of nitriles is 1. The van der Waals surface area contributed by atoms with E-state index in [9.17, 15) is 14.9 Å². The molecule has 0 fully saturated rings. The number of rotatable bonds is 13. The lowest BCUT2D eigenvalue weighted by molar-refractivity contribution is -0.154. The topological polar surface area (TPSA) is 130 Å². The smallest absolute Gasteiger partial charge is 0.341 e. The molecule has 0 amide bonds. The highest BCUT2D eigenvalue weighted by Crippen LogP contribution is 2.33. The van der Waals surface area contributed by atoms with Gasteiger partial charge in [0.05, 0.1) is 32.1 Å². The Morgan fingerprint density at radius 1 is 0.929 bits per heavy atom. The summed E-state index contributed by atoms with van der Waals surface area (Å²) in [5.74, 6) is 0.207. The van der Waals surface area contributed by atoms with Gasteiger partial charge in [-0.15, -0.1) is 0 Å². The van der Waals surface area contributed by atoms with Crippen molar-refractivity contribution in [1.82, 2.24) is 9.97 Å². The average molecular weight is 574 g/mol. The second-order valence-electron chi connectivity index (χ2n) is 10.2. The van der Waals surface area contributed by atoms with Crippen LogP contribution in [-0.4, -0.2) is 41.7 Å². The zero-order valence-electron chi connectivity index (χ0n) is 24.5. The third kappa shape index (κ3) is 9.63. The highest BCUT2D eigenvalue weighted by Gasteiger charge is 2.20. The molecule has 1 aromatic heterocycles. The summed E-state index contributed by atoms with van der Waals surface area (Å²) in [7, 11) is 2.72. The summed E-state index contributed by atoms with van der Waals surface area (Å²) in [5, 5.41) is 9.34. The molecular weight excluding hydrogens is 538 g/mol. The van der Waals surface area contributed by atoms with Crippen molar-refractivity contribution in [1.29, 1.82) is 5.26 Å². The molecule has 0 aliphatic carbocycles. The molecule has 3 aromatic rings. The van der Waals surface area contributed by atoms with Crippen molar-refractivity contribution in [2.75, 3.05) is 14.2 Å². The first-order valence-electron chi connectivity index (χ1n) is 13.5. The van der Waals surface area contributed by atoms with Crippen LogP contribution in [0.1, 0.15) is 63.1 Å². The Labute approximate surface area is 245 Å². The fourth-order valence-electron chi connectivity index (χ4n) is 3.96. The first-order chi connectivity index (χ1) is 20.1. The van der Waals surface area contributed by atoms with E-state index in [4.69, 9.17) is 23.7 Å². The summed E-state index contributed by atoms with van der Waals surface area (Å²) < 4.78 is 27.4. The van der Waals surface area contributed by atoms with E-state index in [0.29, 0.717) is 35.5 Å². The SMILES string of the molecule is CO/C=C(/C(=O)OC)c1cc(CCCCCC(=O)OC(C)(C)C)ccc1Oc1cc(Oc2ccccc2C#N)ncn1. The molecule has 10 nitrogen and oxygen atoms in total. The highest BCUT2D eigenvalue weighted by atomic mass is 16.6. The van der Waals surface area contributed by atoms with Gasteiger partial charge in [0.2, 0.25) is 11.8 Å². The number of nitrogens with zero attached hydrogens (tertiary/aromatic N) is 3. The Morgan fingerprint density at radius 3 is 2.31 bits per heavy atom. The minimum atomic E-state index is -0.601. The molecule has 0 aliphatic heterocycles. The monoisotopic (exact) mass is 573 g/mol. The molecule has 0 bridgehead atoms. The van der Waals surface area contributed by atoms with Crippen LogP contribution in [0.4, 0.5) is 0 Å². The largest absolute Gasteiger partial charge is 0.503 e. The second-order valence-corrected chi connectivity index (χ2v) is 10.2. The van der Waals surface area contributed by atoms with Crippen molar-refractivity contribution < 1.29 is 33.3 Å². The van der Waals surface area contributed by atoms with E-state index < -0.39 is 11.6 Å². The molecule has 0 atom stereocenters. The Bertz CT molecular complexity index is 1450. The molecule has 0 spiro atoms. The van der Waals surface area contributed by atoms with E-state index in [2.05, 4.69) is 16.0 Å².